The molecule has 0 saturated carbocycles. The molecule has 3 heterocycles. The summed E-state index contributed by atoms with van der Waals surface area (Å²) in [7, 11) is 0. The number of halogens is 3. The lowest BCUT2D eigenvalue weighted by Crippen LogP contribution is -2.32. The first kappa shape index (κ1) is 22.6. The third-order valence-corrected chi connectivity index (χ3v) is 5.72. The largest absolute Gasteiger partial charge is 0.573 e. The molecule has 1 aliphatic rings. The van der Waals surface area contributed by atoms with Crippen molar-refractivity contribution in [1.29, 1.82) is 0 Å². The number of nitrogens with zero attached hydrogens (tertiary/aromatic N) is 6. The maximum absolute atomic E-state index is 13.6. The molecule has 1 amide bonds. The molecule has 35 heavy (non-hydrogen) atoms. The Morgan fingerprint density at radius 3 is 2.66 bits per heavy atom. The van der Waals surface area contributed by atoms with Gasteiger partial charge in [-0.3, -0.25) is 4.79 Å². The van der Waals surface area contributed by atoms with E-state index in [0.717, 1.165) is 12.0 Å². The Morgan fingerprint density at radius 2 is 1.89 bits per heavy atom. The van der Waals surface area contributed by atoms with Gasteiger partial charge in [0.05, 0.1) is 35.2 Å². The summed E-state index contributed by atoms with van der Waals surface area (Å²) in [5.41, 5.74) is 2.01. The minimum atomic E-state index is -4.84. The van der Waals surface area contributed by atoms with Crippen molar-refractivity contribution in [1.82, 2.24) is 35.1 Å². The molecule has 4 aromatic rings. The molecule has 5 rings (SSSR count). The Balaban J connectivity index is 1.45. The first-order valence-corrected chi connectivity index (χ1v) is 10.9. The van der Waals surface area contributed by atoms with Gasteiger partial charge in [0.25, 0.3) is 5.91 Å². The number of nitrogens with one attached hydrogen (secondary N) is 1. The van der Waals surface area contributed by atoms with E-state index < -0.39 is 18.2 Å². The van der Waals surface area contributed by atoms with Crippen LogP contribution < -0.4 is 4.74 Å². The van der Waals surface area contributed by atoms with Gasteiger partial charge in [0.15, 0.2) is 11.6 Å². The monoisotopic (exact) mass is 483 g/mol. The molecular weight excluding hydrogens is 463 g/mol. The molecule has 2 aromatic carbocycles. The number of H-pyrrole nitrogens is 1. The van der Waals surface area contributed by atoms with E-state index in [1.54, 1.807) is 23.1 Å². The summed E-state index contributed by atoms with van der Waals surface area (Å²) in [6.45, 7) is 2.38. The molecule has 1 unspecified atom stereocenters. The molecule has 0 bridgehead atoms. The van der Waals surface area contributed by atoms with E-state index in [2.05, 4.69) is 30.1 Å². The van der Waals surface area contributed by atoms with Crippen LogP contribution in [0.2, 0.25) is 0 Å². The number of benzene rings is 2. The maximum atomic E-state index is 13.6. The number of aromatic amines is 1. The van der Waals surface area contributed by atoms with E-state index in [1.807, 2.05) is 13.0 Å². The van der Waals surface area contributed by atoms with Gasteiger partial charge in [-0.25, -0.2) is 0 Å². The maximum Gasteiger partial charge on any atom is 0.573 e. The van der Waals surface area contributed by atoms with Gasteiger partial charge in [-0.15, -0.1) is 23.4 Å². The molecule has 1 aliphatic heterocycles. The van der Waals surface area contributed by atoms with Crippen LogP contribution in [0.25, 0.3) is 17.1 Å². The van der Waals surface area contributed by atoms with Gasteiger partial charge >= 0.3 is 6.36 Å². The van der Waals surface area contributed by atoms with Crippen molar-refractivity contribution < 1.29 is 22.7 Å². The van der Waals surface area contributed by atoms with Gasteiger partial charge < -0.3 is 14.6 Å². The van der Waals surface area contributed by atoms with Crippen molar-refractivity contribution in [2.24, 2.45) is 0 Å². The average Bonchev–Trinajstić information content (AvgIpc) is 3.59. The third-order valence-electron chi connectivity index (χ3n) is 5.72. The van der Waals surface area contributed by atoms with Gasteiger partial charge in [-0.2, -0.15) is 15.0 Å². The zero-order valence-electron chi connectivity index (χ0n) is 18.5. The second-order valence-corrected chi connectivity index (χ2v) is 8.10. The number of likely N-dealkylation sites (tertiary alicyclic amines) is 1. The summed E-state index contributed by atoms with van der Waals surface area (Å²) in [6, 6.07) is 10.7. The highest BCUT2D eigenvalue weighted by Crippen LogP contribution is 2.35. The fourth-order valence-electron chi connectivity index (χ4n) is 4.21. The summed E-state index contributed by atoms with van der Waals surface area (Å²) in [4.78, 5) is 19.7. The second kappa shape index (κ2) is 8.85. The number of aryl methyl sites for hydroxylation is 1. The molecule has 1 fully saturated rings. The number of hydrogen-bond donors (Lipinski definition) is 1. The van der Waals surface area contributed by atoms with Crippen molar-refractivity contribution in [3.05, 3.63) is 71.8 Å². The molecule has 0 aliphatic carbocycles. The predicted octanol–water partition coefficient (Wildman–Crippen LogP) is 4.24. The summed E-state index contributed by atoms with van der Waals surface area (Å²) in [5, 5.41) is 16.5. The van der Waals surface area contributed by atoms with Crippen LogP contribution in [0.3, 0.4) is 0 Å². The van der Waals surface area contributed by atoms with Gasteiger partial charge in [0.1, 0.15) is 5.75 Å². The summed E-state index contributed by atoms with van der Waals surface area (Å²) >= 11 is 0. The van der Waals surface area contributed by atoms with Crippen LogP contribution in [-0.4, -0.2) is 53.9 Å². The number of para-hydroxylation sites is 1. The number of ether oxygens (including phenoxy) is 1. The van der Waals surface area contributed by atoms with E-state index in [0.29, 0.717) is 30.0 Å². The highest BCUT2D eigenvalue weighted by molar-refractivity contribution is 5.98. The fraction of sp³-hybridized carbons (Fsp3) is 0.261. The van der Waals surface area contributed by atoms with E-state index >= 15 is 0 Å². The van der Waals surface area contributed by atoms with Crippen molar-refractivity contribution in [2.45, 2.75) is 32.2 Å². The van der Waals surface area contributed by atoms with Crippen LogP contribution in [-0.2, 0) is 0 Å². The second-order valence-electron chi connectivity index (χ2n) is 8.10. The van der Waals surface area contributed by atoms with Crippen LogP contribution >= 0.6 is 0 Å². The van der Waals surface area contributed by atoms with Crippen LogP contribution in [0.5, 0.6) is 5.75 Å². The van der Waals surface area contributed by atoms with E-state index in [4.69, 9.17) is 0 Å². The topological polar surface area (TPSA) is 102 Å². The zero-order chi connectivity index (χ0) is 24.6. The van der Waals surface area contributed by atoms with Crippen molar-refractivity contribution in [3.8, 4) is 22.8 Å². The number of aromatic nitrogens is 6. The summed E-state index contributed by atoms with van der Waals surface area (Å²) in [5.74, 6) is -0.101. The first-order chi connectivity index (χ1) is 16.8. The van der Waals surface area contributed by atoms with Gasteiger partial charge in [0.2, 0.25) is 0 Å². The summed E-state index contributed by atoms with van der Waals surface area (Å²) < 4.78 is 42.6. The van der Waals surface area contributed by atoms with Crippen molar-refractivity contribution in [2.75, 3.05) is 6.54 Å². The number of alkyl halides is 3. The lowest BCUT2D eigenvalue weighted by atomic mass is 10.1. The lowest BCUT2D eigenvalue weighted by molar-refractivity contribution is -0.274. The van der Waals surface area contributed by atoms with Crippen LogP contribution in [0.15, 0.2) is 54.9 Å². The van der Waals surface area contributed by atoms with Crippen LogP contribution in [0, 0.1) is 6.92 Å². The number of rotatable bonds is 5. The minimum Gasteiger partial charge on any atom is -0.405 e. The van der Waals surface area contributed by atoms with E-state index in [-0.39, 0.29) is 17.3 Å². The molecule has 12 heteroatoms. The molecule has 9 nitrogen and oxygen atoms in total. The molecule has 0 radical (unpaired) electrons. The predicted molar refractivity (Wildman–Crippen MR) is 118 cm³/mol. The van der Waals surface area contributed by atoms with E-state index in [9.17, 15) is 18.0 Å². The van der Waals surface area contributed by atoms with E-state index in [1.165, 1.54) is 35.4 Å². The Morgan fingerprint density at radius 1 is 1.11 bits per heavy atom. The minimum absolute atomic E-state index is 0.116. The SMILES string of the molecule is Cc1ccc(-n2nccn2)c(C(=O)N2CCCC2c2nnc(-c3ccccc3OC(F)(F)F)[nH]2)c1. The Kier molecular flexibility index (Phi) is 5.71. The zero-order valence-corrected chi connectivity index (χ0v) is 18.5. The smallest absolute Gasteiger partial charge is 0.405 e. The molecule has 1 N–H and O–H groups in total. The fourth-order valence-corrected chi connectivity index (χ4v) is 4.21. The Labute approximate surface area is 197 Å². The van der Waals surface area contributed by atoms with Crippen molar-refractivity contribution >= 4 is 5.91 Å². The number of amides is 1. The molecule has 0 spiro atoms. The normalized spacial score (nSPS) is 16.0. The average molecular weight is 483 g/mol. The van der Waals surface area contributed by atoms with Gasteiger partial charge in [-0.1, -0.05) is 23.8 Å². The number of carbonyl (C=O) groups is 1. The Bertz CT molecular complexity index is 1350. The number of carbonyl (C=O) groups excluding carboxylic acids is 1. The van der Waals surface area contributed by atoms with Gasteiger partial charge in [0, 0.05) is 6.54 Å². The molecule has 180 valence electrons. The Hall–Kier alpha value is -4.22. The quantitative estimate of drug-likeness (QED) is 0.456. The molecule has 1 atom stereocenters. The van der Waals surface area contributed by atoms with Gasteiger partial charge in [-0.05, 0) is 44.0 Å². The highest BCUT2D eigenvalue weighted by atomic mass is 19.4. The summed E-state index contributed by atoms with van der Waals surface area (Å²) in [6.07, 6.45) is -0.418. The lowest BCUT2D eigenvalue weighted by Gasteiger charge is -2.24. The molecular formula is C23H20F3N7O2. The first-order valence-electron chi connectivity index (χ1n) is 10.9. The highest BCUT2D eigenvalue weighted by Gasteiger charge is 2.35. The molecule has 2 aromatic heterocycles. The third kappa shape index (κ3) is 4.59. The van der Waals surface area contributed by atoms with Crippen molar-refractivity contribution in [3.63, 3.8) is 0 Å². The standard InChI is InChI=1S/C23H20F3N7O2/c1-14-8-9-17(33-27-10-11-28-33)16(13-14)22(34)32-12-4-6-18(32)21-29-20(30-31-21)15-5-2-3-7-19(15)35-23(24,25)26/h2-3,5,7-11,13,18H,4,6,12H2,1H3,(H,29,30,31). The molecule has 1 saturated heterocycles. The van der Waals surface area contributed by atoms with Crippen LogP contribution in [0.1, 0.15) is 40.6 Å². The van der Waals surface area contributed by atoms with Crippen LogP contribution in [0.4, 0.5) is 13.2 Å². The number of hydrogen-bond acceptors (Lipinski definition) is 6.